The molecule has 0 fully saturated rings. The monoisotopic (exact) mass is 255 g/mol. The van der Waals surface area contributed by atoms with Gasteiger partial charge in [-0.05, 0) is 24.1 Å². The largest absolute Gasteiger partial charge is 0.431 e. The molecule has 16 heavy (non-hydrogen) atoms. The average molecular weight is 256 g/mol. The van der Waals surface area contributed by atoms with E-state index in [2.05, 4.69) is 4.98 Å². The van der Waals surface area contributed by atoms with Crippen LogP contribution in [0.25, 0.3) is 0 Å². The molecular formula is C11H10ClNO2S. The van der Waals surface area contributed by atoms with Gasteiger partial charge in [-0.15, -0.1) is 0 Å². The number of aliphatic hydroxyl groups is 1. The lowest BCUT2D eigenvalue weighted by Crippen LogP contribution is -1.90. The standard InChI is InChI=1S/C11H10ClNO2S/c12-10-7-16-11(13-10)15-9-3-1-8(2-4-9)5-6-14/h1-4,7,14H,5-6H2. The van der Waals surface area contributed by atoms with Crippen molar-refractivity contribution in [3.63, 3.8) is 0 Å². The average Bonchev–Trinajstić information content (AvgIpc) is 2.67. The summed E-state index contributed by atoms with van der Waals surface area (Å²) < 4.78 is 5.49. The number of aromatic nitrogens is 1. The SMILES string of the molecule is OCCc1ccc(Oc2nc(Cl)cs2)cc1. The van der Waals surface area contributed by atoms with Crippen molar-refractivity contribution in [3.8, 4) is 10.9 Å². The molecule has 1 aromatic carbocycles. The molecule has 1 heterocycles. The fourth-order valence-corrected chi connectivity index (χ4v) is 2.05. The van der Waals surface area contributed by atoms with Crippen LogP contribution in [0, 0.1) is 0 Å². The second-order valence-electron chi connectivity index (χ2n) is 3.16. The number of halogens is 1. The van der Waals surface area contributed by atoms with E-state index in [1.165, 1.54) is 11.3 Å². The molecular weight excluding hydrogens is 246 g/mol. The highest BCUT2D eigenvalue weighted by atomic mass is 35.5. The maximum atomic E-state index is 8.77. The van der Waals surface area contributed by atoms with Gasteiger partial charge in [0.1, 0.15) is 10.9 Å². The van der Waals surface area contributed by atoms with Crippen LogP contribution in [0.3, 0.4) is 0 Å². The van der Waals surface area contributed by atoms with Crippen LogP contribution in [0.15, 0.2) is 29.6 Å². The number of thiazole rings is 1. The lowest BCUT2D eigenvalue weighted by atomic mass is 10.1. The van der Waals surface area contributed by atoms with Crippen LogP contribution in [0.1, 0.15) is 5.56 Å². The van der Waals surface area contributed by atoms with E-state index in [-0.39, 0.29) is 6.61 Å². The first kappa shape index (κ1) is 11.4. The number of hydrogen-bond donors (Lipinski definition) is 1. The van der Waals surface area contributed by atoms with Crippen molar-refractivity contribution in [2.24, 2.45) is 0 Å². The summed E-state index contributed by atoms with van der Waals surface area (Å²) in [6.45, 7) is 0.155. The predicted octanol–water partition coefficient (Wildman–Crippen LogP) is 3.12. The van der Waals surface area contributed by atoms with E-state index in [1.54, 1.807) is 5.38 Å². The van der Waals surface area contributed by atoms with Crippen LogP contribution in [0.2, 0.25) is 5.15 Å². The van der Waals surface area contributed by atoms with Crippen LogP contribution in [0.5, 0.6) is 10.9 Å². The summed E-state index contributed by atoms with van der Waals surface area (Å²) in [4.78, 5) is 3.99. The maximum absolute atomic E-state index is 8.77. The molecule has 0 aliphatic rings. The van der Waals surface area contributed by atoms with Crippen molar-refractivity contribution >= 4 is 22.9 Å². The quantitative estimate of drug-likeness (QED) is 0.913. The normalized spacial score (nSPS) is 10.4. The van der Waals surface area contributed by atoms with Gasteiger partial charge in [-0.25, -0.2) is 0 Å². The van der Waals surface area contributed by atoms with E-state index in [0.29, 0.717) is 22.5 Å². The van der Waals surface area contributed by atoms with Crippen molar-refractivity contribution in [2.75, 3.05) is 6.61 Å². The van der Waals surface area contributed by atoms with Gasteiger partial charge in [-0.2, -0.15) is 4.98 Å². The molecule has 5 heteroatoms. The number of benzene rings is 1. The molecule has 0 aliphatic heterocycles. The van der Waals surface area contributed by atoms with Gasteiger partial charge >= 0.3 is 0 Å². The zero-order chi connectivity index (χ0) is 11.4. The van der Waals surface area contributed by atoms with E-state index < -0.39 is 0 Å². The topological polar surface area (TPSA) is 42.4 Å². The minimum atomic E-state index is 0.155. The molecule has 0 amide bonds. The molecule has 0 saturated heterocycles. The number of hydrogen-bond acceptors (Lipinski definition) is 4. The number of ether oxygens (including phenoxy) is 1. The zero-order valence-electron chi connectivity index (χ0n) is 8.39. The molecule has 2 rings (SSSR count). The first-order valence-corrected chi connectivity index (χ1v) is 6.02. The summed E-state index contributed by atoms with van der Waals surface area (Å²) >= 11 is 7.04. The second-order valence-corrected chi connectivity index (χ2v) is 4.36. The highest BCUT2D eigenvalue weighted by Crippen LogP contribution is 2.27. The molecule has 0 aliphatic carbocycles. The molecule has 0 unspecified atom stereocenters. The van der Waals surface area contributed by atoms with E-state index >= 15 is 0 Å². The molecule has 2 aromatic rings. The van der Waals surface area contributed by atoms with E-state index in [9.17, 15) is 0 Å². The Morgan fingerprint density at radius 3 is 2.62 bits per heavy atom. The molecule has 3 nitrogen and oxygen atoms in total. The van der Waals surface area contributed by atoms with Gasteiger partial charge in [0.25, 0.3) is 5.19 Å². The molecule has 0 radical (unpaired) electrons. The van der Waals surface area contributed by atoms with Crippen molar-refractivity contribution < 1.29 is 9.84 Å². The number of aliphatic hydroxyl groups excluding tert-OH is 1. The highest BCUT2D eigenvalue weighted by Gasteiger charge is 2.02. The van der Waals surface area contributed by atoms with E-state index in [0.717, 1.165) is 5.56 Å². The first-order valence-electron chi connectivity index (χ1n) is 4.76. The van der Waals surface area contributed by atoms with Crippen LogP contribution in [-0.4, -0.2) is 16.7 Å². The Labute approximate surface area is 102 Å². The smallest absolute Gasteiger partial charge is 0.280 e. The molecule has 84 valence electrons. The third kappa shape index (κ3) is 2.95. The summed E-state index contributed by atoms with van der Waals surface area (Å²) in [5.74, 6) is 0.715. The minimum Gasteiger partial charge on any atom is -0.431 e. The van der Waals surface area contributed by atoms with Crippen LogP contribution >= 0.6 is 22.9 Å². The van der Waals surface area contributed by atoms with Gasteiger partial charge in [0.2, 0.25) is 0 Å². The van der Waals surface area contributed by atoms with Crippen molar-refractivity contribution in [3.05, 3.63) is 40.4 Å². The summed E-state index contributed by atoms with van der Waals surface area (Å²) in [6.07, 6.45) is 0.656. The van der Waals surface area contributed by atoms with Gasteiger partial charge in [0.15, 0.2) is 0 Å². The van der Waals surface area contributed by atoms with Gasteiger partial charge in [0.05, 0.1) is 0 Å². The fraction of sp³-hybridized carbons (Fsp3) is 0.182. The van der Waals surface area contributed by atoms with Gasteiger partial charge < -0.3 is 9.84 Å². The summed E-state index contributed by atoms with van der Waals surface area (Å²) in [5, 5.41) is 11.5. The Morgan fingerprint density at radius 1 is 1.31 bits per heavy atom. The van der Waals surface area contributed by atoms with Crippen molar-refractivity contribution in [1.29, 1.82) is 0 Å². The van der Waals surface area contributed by atoms with Crippen LogP contribution < -0.4 is 4.74 Å². The van der Waals surface area contributed by atoms with Crippen LogP contribution in [0.4, 0.5) is 0 Å². The molecule has 0 spiro atoms. The minimum absolute atomic E-state index is 0.155. The van der Waals surface area contributed by atoms with Gasteiger partial charge in [-0.3, -0.25) is 0 Å². The maximum Gasteiger partial charge on any atom is 0.280 e. The Bertz CT molecular complexity index is 455. The molecule has 0 atom stereocenters. The Morgan fingerprint density at radius 2 is 2.06 bits per heavy atom. The third-order valence-electron chi connectivity index (χ3n) is 1.98. The van der Waals surface area contributed by atoms with Crippen molar-refractivity contribution in [1.82, 2.24) is 4.98 Å². The lowest BCUT2D eigenvalue weighted by Gasteiger charge is -2.02. The Balaban J connectivity index is 2.05. The number of rotatable bonds is 4. The number of nitrogens with zero attached hydrogens (tertiary/aromatic N) is 1. The summed E-state index contributed by atoms with van der Waals surface area (Å²) in [5.41, 5.74) is 1.08. The van der Waals surface area contributed by atoms with E-state index in [1.807, 2.05) is 24.3 Å². The van der Waals surface area contributed by atoms with Gasteiger partial charge in [-0.1, -0.05) is 35.1 Å². The zero-order valence-corrected chi connectivity index (χ0v) is 9.96. The molecule has 1 aromatic heterocycles. The first-order chi connectivity index (χ1) is 7.78. The lowest BCUT2D eigenvalue weighted by molar-refractivity contribution is 0.299. The molecule has 0 saturated carbocycles. The second kappa shape index (κ2) is 5.30. The summed E-state index contributed by atoms with van der Waals surface area (Å²) in [6, 6.07) is 7.53. The third-order valence-corrected chi connectivity index (χ3v) is 3.02. The highest BCUT2D eigenvalue weighted by molar-refractivity contribution is 7.11. The van der Waals surface area contributed by atoms with Crippen LogP contribution in [-0.2, 0) is 6.42 Å². The molecule has 0 bridgehead atoms. The Hall–Kier alpha value is -1.10. The molecule has 1 N–H and O–H groups in total. The van der Waals surface area contributed by atoms with Gasteiger partial charge in [0, 0.05) is 12.0 Å². The van der Waals surface area contributed by atoms with Crippen molar-refractivity contribution in [2.45, 2.75) is 6.42 Å². The predicted molar refractivity (Wildman–Crippen MR) is 64.4 cm³/mol. The fourth-order valence-electron chi connectivity index (χ4n) is 1.24. The van der Waals surface area contributed by atoms with E-state index in [4.69, 9.17) is 21.4 Å². The summed E-state index contributed by atoms with van der Waals surface area (Å²) in [7, 11) is 0. The Kier molecular flexibility index (Phi) is 3.77.